The van der Waals surface area contributed by atoms with Crippen LogP contribution in [0.4, 0.5) is 5.69 Å². The second-order valence-corrected chi connectivity index (χ2v) is 9.81. The van der Waals surface area contributed by atoms with Gasteiger partial charge in [-0.15, -0.1) is 0 Å². The fourth-order valence-corrected chi connectivity index (χ4v) is 5.23. The van der Waals surface area contributed by atoms with Crippen LogP contribution >= 0.6 is 0 Å². The summed E-state index contributed by atoms with van der Waals surface area (Å²) in [5.74, 6) is 0.222. The highest BCUT2D eigenvalue weighted by atomic mass is 16.5. The van der Waals surface area contributed by atoms with Crippen molar-refractivity contribution < 1.29 is 9.53 Å². The molecule has 0 saturated carbocycles. The van der Waals surface area contributed by atoms with Crippen molar-refractivity contribution in [1.82, 2.24) is 13.7 Å². The topological polar surface area (TPSA) is 87.3 Å². The first-order valence-corrected chi connectivity index (χ1v) is 12.4. The number of nitrogens with one attached hydrogen (secondary N) is 1. The van der Waals surface area contributed by atoms with E-state index < -0.39 is 11.2 Å². The molecule has 0 fully saturated rings. The third-order valence-corrected chi connectivity index (χ3v) is 7.01. The van der Waals surface area contributed by atoms with Gasteiger partial charge in [-0.05, 0) is 69.2 Å². The van der Waals surface area contributed by atoms with Crippen LogP contribution in [0.2, 0.25) is 0 Å². The SMILES string of the molecule is COc1ccc2c(c1)c1c(c(=O)n(-c3ccc(C)cc3)c(=O)n1CC(=O)Nc1c(C)cc(C)cc1C)n2C. The minimum atomic E-state index is -0.589. The Labute approximate surface area is 219 Å². The lowest BCUT2D eigenvalue weighted by Crippen LogP contribution is -2.41. The predicted molar refractivity (Wildman–Crippen MR) is 151 cm³/mol. The van der Waals surface area contributed by atoms with Gasteiger partial charge in [0.1, 0.15) is 17.8 Å². The third-order valence-electron chi connectivity index (χ3n) is 7.01. The smallest absolute Gasteiger partial charge is 0.336 e. The molecule has 2 aromatic heterocycles. The van der Waals surface area contributed by atoms with Crippen molar-refractivity contribution in [2.24, 2.45) is 7.05 Å². The molecular formula is C30H30N4O4. The van der Waals surface area contributed by atoms with Gasteiger partial charge in [-0.25, -0.2) is 9.36 Å². The number of hydrogen-bond acceptors (Lipinski definition) is 4. The van der Waals surface area contributed by atoms with E-state index in [9.17, 15) is 14.4 Å². The largest absolute Gasteiger partial charge is 0.497 e. The summed E-state index contributed by atoms with van der Waals surface area (Å²) in [5, 5.41) is 3.64. The molecule has 5 aromatic rings. The van der Waals surface area contributed by atoms with Gasteiger partial charge in [-0.1, -0.05) is 35.4 Å². The van der Waals surface area contributed by atoms with E-state index in [1.807, 2.05) is 58.0 Å². The van der Waals surface area contributed by atoms with Gasteiger partial charge in [0, 0.05) is 18.1 Å². The Kier molecular flexibility index (Phi) is 6.18. The zero-order chi connectivity index (χ0) is 27.3. The number of rotatable bonds is 5. The number of aryl methyl sites for hydroxylation is 5. The minimum absolute atomic E-state index is 0.273. The Bertz CT molecular complexity index is 1830. The van der Waals surface area contributed by atoms with Crippen LogP contribution in [0.1, 0.15) is 22.3 Å². The zero-order valence-electron chi connectivity index (χ0n) is 22.4. The quantitative estimate of drug-likeness (QED) is 0.377. The molecule has 8 heteroatoms. The number of carbonyl (C=O) groups is 1. The summed E-state index contributed by atoms with van der Waals surface area (Å²) in [6.07, 6.45) is 0. The van der Waals surface area contributed by atoms with Crippen molar-refractivity contribution in [2.45, 2.75) is 34.2 Å². The van der Waals surface area contributed by atoms with Crippen LogP contribution in [-0.4, -0.2) is 26.7 Å². The Morgan fingerprint density at radius 2 is 1.53 bits per heavy atom. The molecular weight excluding hydrogens is 480 g/mol. The van der Waals surface area contributed by atoms with Crippen LogP contribution in [0, 0.1) is 27.7 Å². The standard InChI is InChI=1S/C30H30N4O4/c1-17-7-9-21(10-8-17)34-29(36)28-27(23-15-22(38-6)11-12-24(23)32(28)5)33(30(34)37)16-25(35)31-26-19(3)13-18(2)14-20(26)4/h7-15H,16H2,1-6H3,(H,31,35). The maximum absolute atomic E-state index is 14.0. The molecule has 0 aliphatic rings. The van der Waals surface area contributed by atoms with Gasteiger partial charge >= 0.3 is 5.69 Å². The Morgan fingerprint density at radius 1 is 0.868 bits per heavy atom. The zero-order valence-corrected chi connectivity index (χ0v) is 22.4. The van der Waals surface area contributed by atoms with Gasteiger partial charge in [0.15, 0.2) is 0 Å². The second-order valence-electron chi connectivity index (χ2n) is 9.81. The van der Waals surface area contributed by atoms with Crippen molar-refractivity contribution >= 4 is 33.5 Å². The predicted octanol–water partition coefficient (Wildman–Crippen LogP) is 4.53. The molecule has 0 unspecified atom stereocenters. The second kappa shape index (κ2) is 9.37. The summed E-state index contributed by atoms with van der Waals surface area (Å²) in [5.41, 5.74) is 5.57. The summed E-state index contributed by atoms with van der Waals surface area (Å²) in [6.45, 7) is 7.54. The number of fused-ring (bicyclic) bond motifs is 3. The van der Waals surface area contributed by atoms with Gasteiger partial charge in [-0.3, -0.25) is 14.2 Å². The summed E-state index contributed by atoms with van der Waals surface area (Å²) < 4.78 is 9.70. The molecule has 3 aromatic carbocycles. The van der Waals surface area contributed by atoms with Crippen LogP contribution in [0.15, 0.2) is 64.2 Å². The molecule has 0 aliphatic carbocycles. The van der Waals surface area contributed by atoms with E-state index in [1.165, 1.54) is 4.57 Å². The van der Waals surface area contributed by atoms with Gasteiger partial charge in [0.2, 0.25) is 5.91 Å². The molecule has 0 saturated heterocycles. The lowest BCUT2D eigenvalue weighted by atomic mass is 10.1. The van der Waals surface area contributed by atoms with Gasteiger partial charge in [0.25, 0.3) is 5.56 Å². The molecule has 8 nitrogen and oxygen atoms in total. The van der Waals surface area contributed by atoms with E-state index >= 15 is 0 Å². The van der Waals surface area contributed by atoms with E-state index in [-0.39, 0.29) is 12.5 Å². The highest BCUT2D eigenvalue weighted by Gasteiger charge is 2.23. The van der Waals surface area contributed by atoms with Gasteiger partial charge < -0.3 is 14.6 Å². The third kappa shape index (κ3) is 4.08. The van der Waals surface area contributed by atoms with Crippen molar-refractivity contribution in [2.75, 3.05) is 12.4 Å². The van der Waals surface area contributed by atoms with E-state index in [1.54, 1.807) is 43.0 Å². The van der Waals surface area contributed by atoms with E-state index in [0.29, 0.717) is 27.9 Å². The van der Waals surface area contributed by atoms with Gasteiger partial charge in [0.05, 0.1) is 23.8 Å². The summed E-state index contributed by atoms with van der Waals surface area (Å²) >= 11 is 0. The number of methoxy groups -OCH3 is 1. The first kappa shape index (κ1) is 25.1. The maximum atomic E-state index is 14.0. The number of aromatic nitrogens is 3. The van der Waals surface area contributed by atoms with Crippen LogP contribution < -0.4 is 21.3 Å². The Morgan fingerprint density at radius 3 is 2.16 bits per heavy atom. The fraction of sp³-hybridized carbons (Fsp3) is 0.233. The molecule has 0 radical (unpaired) electrons. The molecule has 5 rings (SSSR count). The minimum Gasteiger partial charge on any atom is -0.497 e. The van der Waals surface area contributed by atoms with E-state index in [4.69, 9.17) is 4.74 Å². The molecule has 2 heterocycles. The van der Waals surface area contributed by atoms with Crippen LogP contribution in [0.5, 0.6) is 5.75 Å². The van der Waals surface area contributed by atoms with Gasteiger partial charge in [-0.2, -0.15) is 0 Å². The van der Waals surface area contributed by atoms with E-state index in [0.717, 1.165) is 38.0 Å². The average molecular weight is 511 g/mol. The lowest BCUT2D eigenvalue weighted by Gasteiger charge is -2.16. The number of nitrogens with zero attached hydrogens (tertiary/aromatic N) is 3. The van der Waals surface area contributed by atoms with Crippen LogP contribution in [0.25, 0.3) is 27.6 Å². The molecule has 194 valence electrons. The normalized spacial score (nSPS) is 11.3. The first-order valence-electron chi connectivity index (χ1n) is 12.4. The number of hydrogen-bond donors (Lipinski definition) is 1. The monoisotopic (exact) mass is 510 g/mol. The number of amides is 1. The van der Waals surface area contributed by atoms with Crippen molar-refractivity contribution in [3.8, 4) is 11.4 Å². The number of ether oxygens (including phenoxy) is 1. The summed E-state index contributed by atoms with van der Waals surface area (Å²) in [6, 6.07) is 16.6. The molecule has 0 spiro atoms. The molecule has 38 heavy (non-hydrogen) atoms. The molecule has 0 atom stereocenters. The molecule has 1 N–H and O–H groups in total. The number of anilines is 1. The first-order chi connectivity index (χ1) is 18.1. The lowest BCUT2D eigenvalue weighted by molar-refractivity contribution is -0.116. The maximum Gasteiger partial charge on any atom is 0.336 e. The fourth-order valence-electron chi connectivity index (χ4n) is 5.23. The summed E-state index contributed by atoms with van der Waals surface area (Å²) in [4.78, 5) is 41.2. The Hall–Kier alpha value is -4.59. The highest BCUT2D eigenvalue weighted by molar-refractivity contribution is 6.07. The molecule has 0 aliphatic heterocycles. The Balaban J connectivity index is 1.77. The number of carbonyl (C=O) groups excluding carboxylic acids is 1. The molecule has 0 bridgehead atoms. The van der Waals surface area contributed by atoms with Crippen molar-refractivity contribution in [3.63, 3.8) is 0 Å². The van der Waals surface area contributed by atoms with Crippen molar-refractivity contribution in [3.05, 3.63) is 97.7 Å². The highest BCUT2D eigenvalue weighted by Crippen LogP contribution is 2.29. The van der Waals surface area contributed by atoms with Crippen LogP contribution in [0.3, 0.4) is 0 Å². The van der Waals surface area contributed by atoms with E-state index in [2.05, 4.69) is 5.32 Å². The molecule has 1 amide bonds. The average Bonchev–Trinajstić information content (AvgIpc) is 3.17. The summed E-state index contributed by atoms with van der Waals surface area (Å²) in [7, 11) is 3.34. The van der Waals surface area contributed by atoms with Crippen molar-refractivity contribution in [1.29, 1.82) is 0 Å². The van der Waals surface area contributed by atoms with Crippen LogP contribution in [-0.2, 0) is 18.4 Å². The number of benzene rings is 3.